The molecule has 2 aromatic heterocycles. The van der Waals surface area contributed by atoms with Crippen molar-refractivity contribution in [1.29, 1.82) is 0 Å². The highest BCUT2D eigenvalue weighted by Crippen LogP contribution is 2.33. The van der Waals surface area contributed by atoms with Crippen molar-refractivity contribution >= 4 is 40.6 Å². The summed E-state index contributed by atoms with van der Waals surface area (Å²) in [4.78, 5) is 35.7. The Morgan fingerprint density at radius 1 is 1.09 bits per heavy atom. The Hall–Kier alpha value is -4.23. The van der Waals surface area contributed by atoms with Crippen LogP contribution in [0, 0.1) is 10.1 Å². The van der Waals surface area contributed by atoms with Crippen LogP contribution in [0.5, 0.6) is 5.75 Å². The zero-order chi connectivity index (χ0) is 24.8. The molecule has 0 spiro atoms. The maximum Gasteiger partial charge on any atom is 0.269 e. The number of amides is 2. The Labute approximate surface area is 207 Å². The van der Waals surface area contributed by atoms with Crippen molar-refractivity contribution in [3.8, 4) is 22.1 Å². The molecule has 2 aromatic carbocycles. The van der Waals surface area contributed by atoms with Crippen LogP contribution in [0.3, 0.4) is 0 Å². The van der Waals surface area contributed by atoms with Crippen molar-refractivity contribution in [2.24, 2.45) is 0 Å². The molecule has 0 saturated heterocycles. The highest BCUT2D eigenvalue weighted by Gasteiger charge is 2.20. The summed E-state index contributed by atoms with van der Waals surface area (Å²) in [5, 5.41) is 21.7. The second kappa shape index (κ2) is 10.8. The summed E-state index contributed by atoms with van der Waals surface area (Å²) in [5.41, 5.74) is 5.38. The number of hydrogen-bond acceptors (Lipinski definition) is 9. The molecule has 13 heteroatoms. The minimum atomic E-state index is -0.601. The topological polar surface area (TPSA) is 141 Å². The van der Waals surface area contributed by atoms with Crippen LogP contribution in [-0.4, -0.2) is 44.4 Å². The lowest BCUT2D eigenvalue weighted by Gasteiger charge is -2.13. The van der Waals surface area contributed by atoms with E-state index in [0.717, 1.165) is 22.3 Å². The number of methoxy groups -OCH3 is 1. The highest BCUT2D eigenvalue weighted by atomic mass is 32.2. The lowest BCUT2D eigenvalue weighted by atomic mass is 10.2. The van der Waals surface area contributed by atoms with Gasteiger partial charge in [-0.2, -0.15) is 0 Å². The lowest BCUT2D eigenvalue weighted by Crippen LogP contribution is -2.42. The minimum absolute atomic E-state index is 0.0573. The molecule has 0 bridgehead atoms. The van der Waals surface area contributed by atoms with Crippen LogP contribution in [-0.2, 0) is 4.79 Å². The number of carbonyl (C=O) groups is 2. The Morgan fingerprint density at radius 3 is 2.54 bits per heavy atom. The van der Waals surface area contributed by atoms with Gasteiger partial charge in [0.05, 0.1) is 28.4 Å². The fourth-order valence-electron chi connectivity index (χ4n) is 3.06. The summed E-state index contributed by atoms with van der Waals surface area (Å²) in [6.45, 7) is 0. The van der Waals surface area contributed by atoms with E-state index in [0.29, 0.717) is 16.7 Å². The fourth-order valence-corrected chi connectivity index (χ4v) is 4.50. The second-order valence-electron chi connectivity index (χ2n) is 6.89. The van der Waals surface area contributed by atoms with E-state index in [1.165, 1.54) is 35.6 Å². The SMILES string of the molecule is COc1ccccc1-n1c(SCC(=O)NNC(=O)c2ccc([N+](=O)[O-])cc2)nnc1-c1cccs1. The number of nitrogens with one attached hydrogen (secondary N) is 2. The van der Waals surface area contributed by atoms with Crippen molar-refractivity contribution in [1.82, 2.24) is 25.6 Å². The highest BCUT2D eigenvalue weighted by molar-refractivity contribution is 7.99. The number of aromatic nitrogens is 3. The van der Waals surface area contributed by atoms with Crippen molar-refractivity contribution in [3.63, 3.8) is 0 Å². The number of nitrogens with zero attached hydrogens (tertiary/aromatic N) is 4. The fraction of sp³-hybridized carbons (Fsp3) is 0.0909. The van der Waals surface area contributed by atoms with Gasteiger partial charge in [0.1, 0.15) is 5.75 Å². The quantitative estimate of drug-likeness (QED) is 0.209. The number of hydrazine groups is 1. The van der Waals surface area contributed by atoms with E-state index in [2.05, 4.69) is 21.0 Å². The van der Waals surface area contributed by atoms with Gasteiger partial charge in [0.15, 0.2) is 11.0 Å². The van der Waals surface area contributed by atoms with Gasteiger partial charge in [0, 0.05) is 17.7 Å². The van der Waals surface area contributed by atoms with Gasteiger partial charge in [-0.25, -0.2) is 0 Å². The first-order chi connectivity index (χ1) is 17.0. The third-order valence-corrected chi connectivity index (χ3v) is 6.48. The summed E-state index contributed by atoms with van der Waals surface area (Å²) in [7, 11) is 1.57. The maximum atomic E-state index is 12.4. The van der Waals surface area contributed by atoms with Gasteiger partial charge in [0.25, 0.3) is 11.6 Å². The second-order valence-corrected chi connectivity index (χ2v) is 8.78. The van der Waals surface area contributed by atoms with Crippen LogP contribution in [0.4, 0.5) is 5.69 Å². The molecule has 4 aromatic rings. The van der Waals surface area contributed by atoms with Crippen LogP contribution in [0.25, 0.3) is 16.4 Å². The third kappa shape index (κ3) is 5.47. The van der Waals surface area contributed by atoms with Crippen molar-refractivity contribution in [2.45, 2.75) is 5.16 Å². The molecule has 0 fully saturated rings. The number of para-hydroxylation sites is 2. The van der Waals surface area contributed by atoms with E-state index in [4.69, 9.17) is 4.74 Å². The van der Waals surface area contributed by atoms with E-state index in [1.807, 2.05) is 46.3 Å². The van der Waals surface area contributed by atoms with Crippen LogP contribution < -0.4 is 15.6 Å². The largest absolute Gasteiger partial charge is 0.495 e. The van der Waals surface area contributed by atoms with Crippen LogP contribution in [0.15, 0.2) is 71.2 Å². The average Bonchev–Trinajstić information content (AvgIpc) is 3.56. The van der Waals surface area contributed by atoms with Crippen LogP contribution in [0.1, 0.15) is 10.4 Å². The van der Waals surface area contributed by atoms with Gasteiger partial charge >= 0.3 is 0 Å². The Morgan fingerprint density at radius 2 is 1.86 bits per heavy atom. The van der Waals surface area contributed by atoms with Crippen LogP contribution in [0.2, 0.25) is 0 Å². The zero-order valence-corrected chi connectivity index (χ0v) is 19.8. The van der Waals surface area contributed by atoms with Gasteiger partial charge in [-0.05, 0) is 35.7 Å². The van der Waals surface area contributed by atoms with Gasteiger partial charge < -0.3 is 4.74 Å². The predicted octanol–water partition coefficient (Wildman–Crippen LogP) is 3.47. The number of nitro benzene ring substituents is 1. The molecule has 0 aliphatic carbocycles. The van der Waals surface area contributed by atoms with Gasteiger partial charge in [-0.3, -0.25) is 35.1 Å². The molecule has 0 aliphatic heterocycles. The molecular formula is C22H18N6O5S2. The molecule has 2 N–H and O–H groups in total. The summed E-state index contributed by atoms with van der Waals surface area (Å²) in [5.74, 6) is 0.0942. The number of benzene rings is 2. The molecule has 0 atom stereocenters. The Bertz CT molecular complexity index is 1360. The van der Waals surface area contributed by atoms with Crippen molar-refractivity contribution in [3.05, 3.63) is 81.7 Å². The van der Waals surface area contributed by atoms with Gasteiger partial charge in [-0.1, -0.05) is 30.0 Å². The molecule has 35 heavy (non-hydrogen) atoms. The summed E-state index contributed by atoms with van der Waals surface area (Å²) < 4.78 is 7.32. The Kier molecular flexibility index (Phi) is 7.38. The number of thioether (sulfide) groups is 1. The van der Waals surface area contributed by atoms with Crippen LogP contribution >= 0.6 is 23.1 Å². The molecule has 2 heterocycles. The third-order valence-electron chi connectivity index (χ3n) is 4.69. The number of non-ortho nitro benzene ring substituents is 1. The standard InChI is InChI=1S/C22H18N6O5S2/c1-33-17-6-3-2-5-16(17)27-20(18-7-4-12-34-18)24-26-22(27)35-13-19(29)23-25-21(30)14-8-10-15(11-9-14)28(31)32/h2-12H,13H2,1H3,(H,23,29)(H,25,30). The van der Waals surface area contributed by atoms with Crippen molar-refractivity contribution in [2.75, 3.05) is 12.9 Å². The first-order valence-electron chi connectivity index (χ1n) is 10.1. The van der Waals surface area contributed by atoms with Crippen molar-refractivity contribution < 1.29 is 19.2 Å². The van der Waals surface area contributed by atoms with Gasteiger partial charge in [-0.15, -0.1) is 21.5 Å². The zero-order valence-electron chi connectivity index (χ0n) is 18.2. The Balaban J connectivity index is 1.45. The summed E-state index contributed by atoms with van der Waals surface area (Å²) in [6, 6.07) is 16.3. The molecule has 4 rings (SSSR count). The molecular weight excluding hydrogens is 492 g/mol. The number of thiophene rings is 1. The van der Waals surface area contributed by atoms with E-state index in [1.54, 1.807) is 7.11 Å². The van der Waals surface area contributed by atoms with Gasteiger partial charge in [0.2, 0.25) is 5.91 Å². The van der Waals surface area contributed by atoms with E-state index < -0.39 is 16.7 Å². The smallest absolute Gasteiger partial charge is 0.269 e. The number of rotatable bonds is 8. The molecule has 0 unspecified atom stereocenters. The normalized spacial score (nSPS) is 10.5. The first kappa shape index (κ1) is 23.9. The minimum Gasteiger partial charge on any atom is -0.495 e. The molecule has 0 aliphatic rings. The van der Waals surface area contributed by atoms with E-state index in [9.17, 15) is 19.7 Å². The number of hydrogen-bond donors (Lipinski definition) is 2. The molecule has 0 saturated carbocycles. The first-order valence-corrected chi connectivity index (χ1v) is 11.9. The number of carbonyl (C=O) groups excluding carboxylic acids is 2. The van der Waals surface area contributed by atoms with E-state index in [-0.39, 0.29) is 17.0 Å². The maximum absolute atomic E-state index is 12.4. The molecule has 178 valence electrons. The molecule has 2 amide bonds. The molecule has 11 nitrogen and oxygen atoms in total. The average molecular weight is 511 g/mol. The number of ether oxygens (including phenoxy) is 1. The number of nitro groups is 1. The summed E-state index contributed by atoms with van der Waals surface area (Å²) >= 11 is 2.65. The predicted molar refractivity (Wildman–Crippen MR) is 131 cm³/mol. The van der Waals surface area contributed by atoms with E-state index >= 15 is 0 Å². The summed E-state index contributed by atoms with van der Waals surface area (Å²) in [6.07, 6.45) is 0. The monoisotopic (exact) mass is 510 g/mol. The lowest BCUT2D eigenvalue weighted by molar-refractivity contribution is -0.384. The molecule has 0 radical (unpaired) electrons.